The van der Waals surface area contributed by atoms with Crippen molar-refractivity contribution in [1.29, 1.82) is 0 Å². The van der Waals surface area contributed by atoms with Crippen molar-refractivity contribution in [3.63, 3.8) is 0 Å². The lowest BCUT2D eigenvalue weighted by atomic mass is 10.1. The van der Waals surface area contributed by atoms with Gasteiger partial charge in [-0.15, -0.1) is 0 Å². The van der Waals surface area contributed by atoms with E-state index in [4.69, 9.17) is 11.3 Å². The van der Waals surface area contributed by atoms with E-state index in [2.05, 4.69) is 20.1 Å². The highest BCUT2D eigenvalue weighted by Gasteiger charge is 2.16. The van der Waals surface area contributed by atoms with Gasteiger partial charge in [-0.3, -0.25) is 9.78 Å². The van der Waals surface area contributed by atoms with Crippen molar-refractivity contribution in [2.24, 2.45) is 0 Å². The first-order chi connectivity index (χ1) is 14.1. The molecule has 29 heavy (non-hydrogen) atoms. The molecule has 4 aromatic rings. The molecule has 0 unspecified atom stereocenters. The Morgan fingerprint density at radius 1 is 1.17 bits per heavy atom. The SMILES string of the molecule is [C-]#[N+]c1ccc2nc(Nc3cccnc3)n(-c3ccc(OC)cc3C)c(=O)c2c1. The van der Waals surface area contributed by atoms with Gasteiger partial charge in [-0.1, -0.05) is 6.07 Å². The van der Waals surface area contributed by atoms with Gasteiger partial charge in [0.05, 0.1) is 42.2 Å². The highest BCUT2D eigenvalue weighted by molar-refractivity contribution is 5.83. The summed E-state index contributed by atoms with van der Waals surface area (Å²) in [7, 11) is 1.60. The van der Waals surface area contributed by atoms with Crippen LogP contribution in [0, 0.1) is 13.5 Å². The van der Waals surface area contributed by atoms with Crippen LogP contribution >= 0.6 is 0 Å². The van der Waals surface area contributed by atoms with Crippen molar-refractivity contribution < 1.29 is 4.74 Å². The van der Waals surface area contributed by atoms with Crippen LogP contribution < -0.4 is 15.6 Å². The lowest BCUT2D eigenvalue weighted by Gasteiger charge is -2.17. The van der Waals surface area contributed by atoms with Crippen molar-refractivity contribution in [2.75, 3.05) is 12.4 Å². The highest BCUT2D eigenvalue weighted by atomic mass is 16.5. The van der Waals surface area contributed by atoms with Gasteiger partial charge in [-0.2, -0.15) is 0 Å². The number of anilines is 2. The Bertz CT molecular complexity index is 1310. The molecule has 0 radical (unpaired) electrons. The van der Waals surface area contributed by atoms with E-state index in [1.54, 1.807) is 49.8 Å². The van der Waals surface area contributed by atoms with E-state index in [1.807, 2.05) is 25.1 Å². The molecule has 0 amide bonds. The van der Waals surface area contributed by atoms with Gasteiger partial charge in [-0.25, -0.2) is 14.4 Å². The Morgan fingerprint density at radius 3 is 2.72 bits per heavy atom. The van der Waals surface area contributed by atoms with E-state index < -0.39 is 0 Å². The number of aromatic nitrogens is 3. The molecule has 0 aliphatic rings. The minimum absolute atomic E-state index is 0.264. The Labute approximate surface area is 167 Å². The standard InChI is InChI=1S/C22H17N5O2/c1-14-11-17(29-3)7-9-20(14)27-21(28)18-12-15(23-2)6-8-19(18)26-22(27)25-16-5-4-10-24-13-16/h4-13H,1,3H3,(H,25,26). The maximum absolute atomic E-state index is 13.4. The third-order valence-electron chi connectivity index (χ3n) is 4.54. The van der Waals surface area contributed by atoms with Crippen LogP contribution in [0.5, 0.6) is 5.75 Å². The molecule has 0 bridgehead atoms. The largest absolute Gasteiger partial charge is 0.497 e. The van der Waals surface area contributed by atoms with Gasteiger partial charge >= 0.3 is 0 Å². The molecule has 7 heteroatoms. The molecule has 2 aromatic carbocycles. The molecule has 0 fully saturated rings. The molecule has 0 aliphatic heterocycles. The first kappa shape index (κ1) is 18.2. The lowest BCUT2D eigenvalue weighted by molar-refractivity contribution is 0.414. The normalized spacial score (nSPS) is 10.5. The second kappa shape index (κ2) is 7.44. The average molecular weight is 383 g/mol. The van der Waals surface area contributed by atoms with Crippen LogP contribution in [-0.4, -0.2) is 21.6 Å². The first-order valence-electron chi connectivity index (χ1n) is 8.87. The quantitative estimate of drug-likeness (QED) is 0.529. The molecule has 0 saturated heterocycles. The van der Waals surface area contributed by atoms with E-state index in [0.717, 1.165) is 5.56 Å². The second-order valence-corrected chi connectivity index (χ2v) is 6.41. The summed E-state index contributed by atoms with van der Waals surface area (Å²) in [5.41, 5.74) is 2.86. The van der Waals surface area contributed by atoms with Crippen molar-refractivity contribution in [3.8, 4) is 11.4 Å². The van der Waals surface area contributed by atoms with Gasteiger partial charge in [-0.05, 0) is 55.0 Å². The summed E-state index contributed by atoms with van der Waals surface area (Å²) in [6.45, 7) is 9.14. The number of nitrogens with one attached hydrogen (secondary N) is 1. The summed E-state index contributed by atoms with van der Waals surface area (Å²) in [6.07, 6.45) is 3.33. The monoisotopic (exact) mass is 383 g/mol. The van der Waals surface area contributed by atoms with Crippen LogP contribution in [0.4, 0.5) is 17.3 Å². The smallest absolute Gasteiger partial charge is 0.266 e. The zero-order valence-electron chi connectivity index (χ0n) is 15.9. The van der Waals surface area contributed by atoms with Crippen LogP contribution in [0.3, 0.4) is 0 Å². The van der Waals surface area contributed by atoms with Gasteiger partial charge in [0.1, 0.15) is 5.75 Å². The number of fused-ring (bicyclic) bond motifs is 1. The van der Waals surface area contributed by atoms with E-state index in [1.165, 1.54) is 4.57 Å². The van der Waals surface area contributed by atoms with Gasteiger partial charge < -0.3 is 10.1 Å². The molecule has 2 aromatic heterocycles. The molecule has 2 heterocycles. The van der Waals surface area contributed by atoms with Gasteiger partial charge in [0.25, 0.3) is 5.56 Å². The topological polar surface area (TPSA) is 73.4 Å². The number of pyridine rings is 1. The summed E-state index contributed by atoms with van der Waals surface area (Å²) in [5, 5.41) is 3.57. The van der Waals surface area contributed by atoms with Gasteiger partial charge in [0.2, 0.25) is 5.95 Å². The van der Waals surface area contributed by atoms with Crippen molar-refractivity contribution in [1.82, 2.24) is 14.5 Å². The molecule has 0 aliphatic carbocycles. The zero-order valence-corrected chi connectivity index (χ0v) is 15.9. The predicted octanol–water partition coefficient (Wildman–Crippen LogP) is 4.39. The Kier molecular flexibility index (Phi) is 4.67. The maximum Gasteiger partial charge on any atom is 0.266 e. The first-order valence-corrected chi connectivity index (χ1v) is 8.87. The number of nitrogens with zero attached hydrogens (tertiary/aromatic N) is 4. The fourth-order valence-corrected chi connectivity index (χ4v) is 3.12. The van der Waals surface area contributed by atoms with Crippen LogP contribution in [0.1, 0.15) is 5.56 Å². The van der Waals surface area contributed by atoms with Crippen LogP contribution in [0.2, 0.25) is 0 Å². The number of benzene rings is 2. The number of rotatable bonds is 4. The van der Waals surface area contributed by atoms with Crippen molar-refractivity contribution >= 4 is 28.2 Å². The van der Waals surface area contributed by atoms with Gasteiger partial charge in [0.15, 0.2) is 5.69 Å². The fourth-order valence-electron chi connectivity index (χ4n) is 3.12. The zero-order chi connectivity index (χ0) is 20.4. The summed E-state index contributed by atoms with van der Waals surface area (Å²) in [6, 6.07) is 14.0. The van der Waals surface area contributed by atoms with Crippen LogP contribution in [-0.2, 0) is 0 Å². The molecule has 1 N–H and O–H groups in total. The summed E-state index contributed by atoms with van der Waals surface area (Å²) in [5.74, 6) is 1.06. The molecular weight excluding hydrogens is 366 g/mol. The minimum atomic E-state index is -0.264. The molecule has 142 valence electrons. The van der Waals surface area contributed by atoms with Crippen molar-refractivity contribution in [3.05, 3.63) is 88.3 Å². The number of aryl methyl sites for hydroxylation is 1. The Balaban J connectivity index is 2.01. The summed E-state index contributed by atoms with van der Waals surface area (Å²) >= 11 is 0. The summed E-state index contributed by atoms with van der Waals surface area (Å²) < 4.78 is 6.79. The van der Waals surface area contributed by atoms with Crippen molar-refractivity contribution in [2.45, 2.75) is 6.92 Å². The number of hydrogen-bond donors (Lipinski definition) is 1. The van der Waals surface area contributed by atoms with E-state index in [9.17, 15) is 4.79 Å². The fraction of sp³-hybridized carbons (Fsp3) is 0.0909. The van der Waals surface area contributed by atoms with E-state index in [-0.39, 0.29) is 5.56 Å². The number of ether oxygens (including phenoxy) is 1. The molecule has 0 saturated carbocycles. The Morgan fingerprint density at radius 2 is 2.03 bits per heavy atom. The predicted molar refractivity (Wildman–Crippen MR) is 112 cm³/mol. The molecule has 0 atom stereocenters. The maximum atomic E-state index is 13.4. The molecule has 7 nitrogen and oxygen atoms in total. The molecule has 4 rings (SSSR count). The lowest BCUT2D eigenvalue weighted by Crippen LogP contribution is -2.23. The molecule has 0 spiro atoms. The minimum Gasteiger partial charge on any atom is -0.497 e. The van der Waals surface area contributed by atoms with E-state index >= 15 is 0 Å². The van der Waals surface area contributed by atoms with Crippen LogP contribution in [0.15, 0.2) is 65.7 Å². The summed E-state index contributed by atoms with van der Waals surface area (Å²) in [4.78, 5) is 25.6. The highest BCUT2D eigenvalue weighted by Crippen LogP contribution is 2.26. The third-order valence-corrected chi connectivity index (χ3v) is 4.54. The number of methoxy groups -OCH3 is 1. The van der Waals surface area contributed by atoms with Crippen LogP contribution in [0.25, 0.3) is 21.4 Å². The third kappa shape index (κ3) is 3.39. The second-order valence-electron chi connectivity index (χ2n) is 6.41. The molecular formula is C22H17N5O2. The van der Waals surface area contributed by atoms with Gasteiger partial charge in [0, 0.05) is 6.20 Å². The Hall–Kier alpha value is -4.18. The average Bonchev–Trinajstić information content (AvgIpc) is 2.75. The van der Waals surface area contributed by atoms with E-state index in [0.29, 0.717) is 39.7 Å². The number of hydrogen-bond acceptors (Lipinski definition) is 5.